The molecule has 0 spiro atoms. The Bertz CT molecular complexity index is 325. The van der Waals surface area contributed by atoms with Crippen LogP contribution in [-0.2, 0) is 4.57 Å². The van der Waals surface area contributed by atoms with Crippen molar-refractivity contribution in [3.05, 3.63) is 30.3 Å². The van der Waals surface area contributed by atoms with Crippen LogP contribution in [0.15, 0.2) is 30.3 Å². The Morgan fingerprint density at radius 2 is 1.56 bits per heavy atom. The van der Waals surface area contributed by atoms with Crippen molar-refractivity contribution in [1.29, 1.82) is 0 Å². The predicted octanol–water partition coefficient (Wildman–Crippen LogP) is 5.29. The zero-order valence-electron chi connectivity index (χ0n) is 11.4. The van der Waals surface area contributed by atoms with Crippen molar-refractivity contribution >= 4 is 8.03 Å². The Morgan fingerprint density at radius 1 is 0.944 bits per heavy atom. The summed E-state index contributed by atoms with van der Waals surface area (Å²) in [7, 11) is -1.89. The lowest BCUT2D eigenvalue weighted by Crippen LogP contribution is -1.87. The molecule has 0 saturated heterocycles. The highest BCUT2D eigenvalue weighted by Gasteiger charge is 2.01. The van der Waals surface area contributed by atoms with Crippen LogP contribution in [0.4, 0.5) is 0 Å². The normalized spacial score (nSPS) is 12.3. The van der Waals surface area contributed by atoms with E-state index in [0.29, 0.717) is 6.16 Å². The molecule has 1 rings (SSSR count). The van der Waals surface area contributed by atoms with Crippen LogP contribution in [0, 0.1) is 0 Å². The molecule has 1 aromatic carbocycles. The van der Waals surface area contributed by atoms with Crippen LogP contribution in [0.5, 0.6) is 5.75 Å². The molecule has 3 heteroatoms. The summed E-state index contributed by atoms with van der Waals surface area (Å²) in [6.07, 6.45) is 9.47. The van der Waals surface area contributed by atoms with Crippen molar-refractivity contribution in [2.75, 3.05) is 6.16 Å². The van der Waals surface area contributed by atoms with E-state index in [4.69, 9.17) is 4.52 Å². The second kappa shape index (κ2) is 10.2. The first-order chi connectivity index (χ1) is 8.83. The molecule has 0 aliphatic carbocycles. The van der Waals surface area contributed by atoms with E-state index in [-0.39, 0.29) is 0 Å². The number of rotatable bonds is 10. The second-order valence-electron chi connectivity index (χ2n) is 4.66. The molecule has 2 nitrogen and oxygen atoms in total. The summed E-state index contributed by atoms with van der Waals surface area (Å²) in [5.74, 6) is 0.726. The smallest absolute Gasteiger partial charge is 0.236 e. The van der Waals surface area contributed by atoms with E-state index in [1.54, 1.807) is 0 Å². The fourth-order valence-electron chi connectivity index (χ4n) is 1.90. The molecule has 102 valence electrons. The summed E-state index contributed by atoms with van der Waals surface area (Å²) in [6, 6.07) is 9.44. The molecule has 0 saturated carbocycles. The molecule has 0 heterocycles. The van der Waals surface area contributed by atoms with Gasteiger partial charge in [0, 0.05) is 6.16 Å². The predicted molar refractivity (Wildman–Crippen MR) is 78.9 cm³/mol. The third-order valence-electron chi connectivity index (χ3n) is 2.96. The zero-order chi connectivity index (χ0) is 13.1. The number of hydrogen-bond donors (Lipinski definition) is 0. The average Bonchev–Trinajstić information content (AvgIpc) is 2.39. The molecule has 0 aliphatic heterocycles. The monoisotopic (exact) mass is 268 g/mol. The summed E-state index contributed by atoms with van der Waals surface area (Å²) in [5, 5.41) is 0. The second-order valence-corrected chi connectivity index (χ2v) is 6.11. The van der Waals surface area contributed by atoms with Crippen molar-refractivity contribution in [3.63, 3.8) is 0 Å². The Kier molecular flexibility index (Phi) is 8.67. The molecule has 0 aromatic heterocycles. The summed E-state index contributed by atoms with van der Waals surface area (Å²) in [4.78, 5) is 0. The summed E-state index contributed by atoms with van der Waals surface area (Å²) < 4.78 is 17.1. The SMILES string of the molecule is CCCCCCCCC[PH](=O)Oc1ccccc1. The topological polar surface area (TPSA) is 26.3 Å². The molecular weight excluding hydrogens is 243 g/mol. The maximum atomic E-state index is 11.7. The maximum absolute atomic E-state index is 11.7. The highest BCUT2D eigenvalue weighted by Crippen LogP contribution is 2.27. The molecular formula is C15H25O2P. The van der Waals surface area contributed by atoms with E-state index in [9.17, 15) is 4.57 Å². The Hall–Kier alpha value is -0.750. The lowest BCUT2D eigenvalue weighted by Gasteiger charge is -2.05. The van der Waals surface area contributed by atoms with Gasteiger partial charge in [-0.25, -0.2) is 0 Å². The highest BCUT2D eigenvalue weighted by atomic mass is 31.1. The summed E-state index contributed by atoms with van der Waals surface area (Å²) >= 11 is 0. The van der Waals surface area contributed by atoms with Crippen molar-refractivity contribution in [2.24, 2.45) is 0 Å². The molecule has 1 aromatic rings. The van der Waals surface area contributed by atoms with E-state index in [1.165, 1.54) is 38.5 Å². The van der Waals surface area contributed by atoms with Crippen LogP contribution in [0.2, 0.25) is 0 Å². The number of hydrogen-bond acceptors (Lipinski definition) is 2. The van der Waals surface area contributed by atoms with Crippen LogP contribution in [0.1, 0.15) is 51.9 Å². The minimum atomic E-state index is -1.89. The van der Waals surface area contributed by atoms with Gasteiger partial charge in [0.2, 0.25) is 8.03 Å². The first kappa shape index (κ1) is 15.3. The van der Waals surface area contributed by atoms with Gasteiger partial charge >= 0.3 is 0 Å². The Balaban J connectivity index is 2.00. The van der Waals surface area contributed by atoms with Crippen LogP contribution in [-0.4, -0.2) is 6.16 Å². The molecule has 0 aliphatic rings. The largest absolute Gasteiger partial charge is 0.445 e. The molecule has 0 N–H and O–H groups in total. The third-order valence-corrected chi connectivity index (χ3v) is 4.18. The number of para-hydroxylation sites is 1. The van der Waals surface area contributed by atoms with Crippen molar-refractivity contribution in [3.8, 4) is 5.75 Å². The van der Waals surface area contributed by atoms with Gasteiger partial charge in [-0.2, -0.15) is 0 Å². The van der Waals surface area contributed by atoms with E-state index in [0.717, 1.165) is 12.2 Å². The van der Waals surface area contributed by atoms with Gasteiger partial charge in [0.15, 0.2) is 0 Å². The Morgan fingerprint density at radius 3 is 2.22 bits per heavy atom. The number of benzene rings is 1. The van der Waals surface area contributed by atoms with Gasteiger partial charge in [-0.15, -0.1) is 0 Å². The molecule has 18 heavy (non-hydrogen) atoms. The van der Waals surface area contributed by atoms with Gasteiger partial charge in [0.05, 0.1) is 0 Å². The first-order valence-corrected chi connectivity index (χ1v) is 8.61. The van der Waals surface area contributed by atoms with Crippen molar-refractivity contribution in [1.82, 2.24) is 0 Å². The van der Waals surface area contributed by atoms with Gasteiger partial charge in [0.1, 0.15) is 5.75 Å². The lowest BCUT2D eigenvalue weighted by molar-refractivity contribution is 0.500. The number of unbranched alkanes of at least 4 members (excludes halogenated alkanes) is 6. The van der Waals surface area contributed by atoms with Crippen molar-refractivity contribution in [2.45, 2.75) is 51.9 Å². The highest BCUT2D eigenvalue weighted by molar-refractivity contribution is 7.39. The minimum absolute atomic E-state index is 0.716. The fraction of sp³-hybridized carbons (Fsp3) is 0.600. The van der Waals surface area contributed by atoms with Crippen LogP contribution in [0.25, 0.3) is 0 Å². The van der Waals surface area contributed by atoms with Crippen molar-refractivity contribution < 1.29 is 9.09 Å². The first-order valence-electron chi connectivity index (χ1n) is 7.08. The van der Waals surface area contributed by atoms with E-state index in [2.05, 4.69) is 6.92 Å². The Labute approximate surface area is 112 Å². The van der Waals surface area contributed by atoms with Gasteiger partial charge in [-0.3, -0.25) is 4.57 Å². The minimum Gasteiger partial charge on any atom is -0.445 e. The molecule has 1 atom stereocenters. The summed E-state index contributed by atoms with van der Waals surface area (Å²) in [6.45, 7) is 2.23. The van der Waals surface area contributed by atoms with Gasteiger partial charge < -0.3 is 4.52 Å². The summed E-state index contributed by atoms with van der Waals surface area (Å²) in [5.41, 5.74) is 0. The van der Waals surface area contributed by atoms with Gasteiger partial charge in [-0.05, 0) is 18.6 Å². The van der Waals surface area contributed by atoms with Crippen LogP contribution < -0.4 is 4.52 Å². The zero-order valence-corrected chi connectivity index (χ0v) is 12.4. The molecule has 1 unspecified atom stereocenters. The lowest BCUT2D eigenvalue weighted by atomic mass is 10.1. The van der Waals surface area contributed by atoms with E-state index >= 15 is 0 Å². The molecule has 0 amide bonds. The van der Waals surface area contributed by atoms with Crippen LogP contribution in [0.3, 0.4) is 0 Å². The van der Waals surface area contributed by atoms with Gasteiger partial charge in [-0.1, -0.05) is 63.6 Å². The van der Waals surface area contributed by atoms with Gasteiger partial charge in [0.25, 0.3) is 0 Å². The molecule has 0 bridgehead atoms. The standard InChI is InChI=1S/C15H25O2P/c1-2-3-4-5-6-7-11-14-18(16)17-15-12-9-8-10-13-15/h8-10,12-13,18H,2-7,11,14H2,1H3. The van der Waals surface area contributed by atoms with Crippen LogP contribution >= 0.6 is 8.03 Å². The quantitative estimate of drug-likeness (QED) is 0.425. The van der Waals surface area contributed by atoms with E-state index in [1.807, 2.05) is 30.3 Å². The average molecular weight is 268 g/mol. The molecule has 0 fully saturated rings. The maximum Gasteiger partial charge on any atom is 0.236 e. The third kappa shape index (κ3) is 7.55. The molecule has 0 radical (unpaired) electrons. The van der Waals surface area contributed by atoms with E-state index < -0.39 is 8.03 Å². The fourth-order valence-corrected chi connectivity index (χ4v) is 2.94.